The Hall–Kier alpha value is -1.32. The molecule has 4 nitrogen and oxygen atoms in total. The molecule has 0 aromatic carbocycles. The molecular weight excluding hydrogens is 156 g/mol. The minimum Gasteiger partial charge on any atom is -0.268 e. The molecule has 1 aromatic heterocycles. The van der Waals surface area contributed by atoms with Crippen molar-refractivity contribution in [1.29, 1.82) is 0 Å². The van der Waals surface area contributed by atoms with Crippen LogP contribution in [0.4, 0.5) is 0 Å². The summed E-state index contributed by atoms with van der Waals surface area (Å²) in [5, 5.41) is 2.46. The fourth-order valence-corrected chi connectivity index (χ4v) is 0.945. The summed E-state index contributed by atoms with van der Waals surface area (Å²) >= 11 is 0. The van der Waals surface area contributed by atoms with E-state index in [-0.39, 0.29) is 11.1 Å². The van der Waals surface area contributed by atoms with Crippen LogP contribution in [0, 0.1) is 0 Å². The predicted octanol–water partition coefficient (Wildman–Crippen LogP) is 0.337. The Labute approximate surface area is 69.8 Å². The molecule has 0 aliphatic heterocycles. The molecule has 0 fully saturated rings. The summed E-state index contributed by atoms with van der Waals surface area (Å²) < 4.78 is 1.34. The fourth-order valence-electron chi connectivity index (χ4n) is 0.945. The van der Waals surface area contributed by atoms with Crippen molar-refractivity contribution < 1.29 is 0 Å². The minimum absolute atomic E-state index is 0.150. The van der Waals surface area contributed by atoms with E-state index in [0.717, 1.165) is 12.8 Å². The Balaban J connectivity index is 2.90. The van der Waals surface area contributed by atoms with Crippen LogP contribution in [0.5, 0.6) is 0 Å². The van der Waals surface area contributed by atoms with Crippen LogP contribution >= 0.6 is 0 Å². The van der Waals surface area contributed by atoms with E-state index in [1.54, 1.807) is 0 Å². The lowest BCUT2D eigenvalue weighted by Crippen LogP contribution is -2.27. The number of nitrogens with zero attached hydrogens (tertiary/aromatic N) is 1. The number of aromatic amines is 1. The van der Waals surface area contributed by atoms with Gasteiger partial charge in [0.25, 0.3) is 11.1 Å². The Morgan fingerprint density at radius 3 is 2.83 bits per heavy atom. The van der Waals surface area contributed by atoms with E-state index in [2.05, 4.69) is 5.10 Å². The van der Waals surface area contributed by atoms with Crippen LogP contribution in [0.1, 0.15) is 19.8 Å². The third kappa shape index (κ3) is 2.08. The smallest absolute Gasteiger partial charge is 0.265 e. The SMILES string of the molecule is CCCCn1[nH]c(=O)ccc1=O. The van der Waals surface area contributed by atoms with Gasteiger partial charge in [-0.25, -0.2) is 0 Å². The van der Waals surface area contributed by atoms with Crippen molar-refractivity contribution in [3.8, 4) is 0 Å². The molecular formula is C8H12N2O2. The predicted molar refractivity (Wildman–Crippen MR) is 46.2 cm³/mol. The summed E-state index contributed by atoms with van der Waals surface area (Å²) in [6.45, 7) is 2.62. The average molecular weight is 168 g/mol. The van der Waals surface area contributed by atoms with Crippen LogP contribution in [-0.4, -0.2) is 9.78 Å². The second-order valence-electron chi connectivity index (χ2n) is 2.65. The molecule has 0 unspecified atom stereocenters. The lowest BCUT2D eigenvalue weighted by molar-refractivity contribution is 0.536. The van der Waals surface area contributed by atoms with Crippen molar-refractivity contribution in [2.45, 2.75) is 26.3 Å². The maximum absolute atomic E-state index is 11.1. The largest absolute Gasteiger partial charge is 0.268 e. The first-order valence-corrected chi connectivity index (χ1v) is 4.04. The van der Waals surface area contributed by atoms with E-state index in [0.29, 0.717) is 6.54 Å². The summed E-state index contributed by atoms with van der Waals surface area (Å²) in [4.78, 5) is 21.9. The van der Waals surface area contributed by atoms with E-state index < -0.39 is 0 Å². The Bertz CT molecular complexity index is 351. The highest BCUT2D eigenvalue weighted by Gasteiger charge is 1.93. The van der Waals surface area contributed by atoms with Crippen molar-refractivity contribution in [3.05, 3.63) is 32.8 Å². The zero-order valence-electron chi connectivity index (χ0n) is 7.04. The summed E-state index contributed by atoms with van der Waals surface area (Å²) in [5.74, 6) is 0. The monoisotopic (exact) mass is 168 g/mol. The van der Waals surface area contributed by atoms with Crippen molar-refractivity contribution in [3.63, 3.8) is 0 Å². The standard InChI is InChI=1S/C8H12N2O2/c1-2-3-6-10-8(12)5-4-7(11)9-10/h4-5H,2-3,6H2,1H3,(H,9,11). The number of hydrogen-bond acceptors (Lipinski definition) is 2. The summed E-state index contributed by atoms with van der Waals surface area (Å²) in [6.07, 6.45) is 1.91. The van der Waals surface area contributed by atoms with Crippen molar-refractivity contribution in [2.75, 3.05) is 0 Å². The Morgan fingerprint density at radius 2 is 2.17 bits per heavy atom. The number of nitrogens with one attached hydrogen (secondary N) is 1. The van der Waals surface area contributed by atoms with Gasteiger partial charge in [-0.2, -0.15) is 0 Å². The van der Waals surface area contributed by atoms with Crippen molar-refractivity contribution in [2.24, 2.45) is 0 Å². The van der Waals surface area contributed by atoms with Crippen LogP contribution in [0.15, 0.2) is 21.7 Å². The summed E-state index contributed by atoms with van der Waals surface area (Å²) in [5.41, 5.74) is -0.381. The number of aryl methyl sites for hydroxylation is 1. The maximum Gasteiger partial charge on any atom is 0.265 e. The maximum atomic E-state index is 11.1. The normalized spacial score (nSPS) is 10.1. The van der Waals surface area contributed by atoms with Gasteiger partial charge in [-0.3, -0.25) is 19.4 Å². The molecule has 1 heterocycles. The first-order chi connectivity index (χ1) is 5.74. The van der Waals surface area contributed by atoms with Crippen molar-refractivity contribution >= 4 is 0 Å². The van der Waals surface area contributed by atoms with Crippen LogP contribution in [-0.2, 0) is 6.54 Å². The number of unbranched alkanes of at least 4 members (excludes halogenated alkanes) is 1. The first kappa shape index (κ1) is 8.77. The van der Waals surface area contributed by atoms with Gasteiger partial charge in [0.05, 0.1) is 0 Å². The zero-order chi connectivity index (χ0) is 8.97. The topological polar surface area (TPSA) is 54.9 Å². The quantitative estimate of drug-likeness (QED) is 0.707. The highest BCUT2D eigenvalue weighted by atomic mass is 16.1. The Kier molecular flexibility index (Phi) is 2.85. The average Bonchev–Trinajstić information content (AvgIpc) is 2.07. The van der Waals surface area contributed by atoms with Gasteiger partial charge in [0, 0.05) is 18.7 Å². The van der Waals surface area contributed by atoms with E-state index in [9.17, 15) is 9.59 Å². The van der Waals surface area contributed by atoms with E-state index >= 15 is 0 Å². The molecule has 0 saturated heterocycles. The van der Waals surface area contributed by atoms with Gasteiger partial charge in [-0.05, 0) is 6.42 Å². The van der Waals surface area contributed by atoms with Crippen LogP contribution < -0.4 is 11.1 Å². The molecule has 4 heteroatoms. The van der Waals surface area contributed by atoms with Gasteiger partial charge < -0.3 is 0 Å². The molecule has 0 bridgehead atoms. The van der Waals surface area contributed by atoms with Gasteiger partial charge >= 0.3 is 0 Å². The number of H-pyrrole nitrogens is 1. The molecule has 0 aliphatic rings. The number of rotatable bonds is 3. The third-order valence-electron chi connectivity index (χ3n) is 1.62. The Morgan fingerprint density at radius 1 is 1.42 bits per heavy atom. The molecule has 1 aromatic rings. The van der Waals surface area contributed by atoms with Gasteiger partial charge in [-0.15, -0.1) is 0 Å². The van der Waals surface area contributed by atoms with Gasteiger partial charge in [-0.1, -0.05) is 13.3 Å². The highest BCUT2D eigenvalue weighted by molar-refractivity contribution is 4.85. The molecule has 0 atom stereocenters. The van der Waals surface area contributed by atoms with Gasteiger partial charge in [0.1, 0.15) is 0 Å². The molecule has 1 rings (SSSR count). The molecule has 0 saturated carbocycles. The summed E-state index contributed by atoms with van der Waals surface area (Å²) in [6, 6.07) is 2.53. The second-order valence-corrected chi connectivity index (χ2v) is 2.65. The van der Waals surface area contributed by atoms with E-state index in [4.69, 9.17) is 0 Å². The molecule has 66 valence electrons. The molecule has 0 radical (unpaired) electrons. The van der Waals surface area contributed by atoms with Gasteiger partial charge in [0.15, 0.2) is 0 Å². The van der Waals surface area contributed by atoms with E-state index in [1.165, 1.54) is 16.8 Å². The fraction of sp³-hybridized carbons (Fsp3) is 0.500. The lowest BCUT2D eigenvalue weighted by Gasteiger charge is -2.01. The molecule has 0 aliphatic carbocycles. The minimum atomic E-state index is -0.231. The first-order valence-electron chi connectivity index (χ1n) is 4.04. The molecule has 0 spiro atoms. The highest BCUT2D eigenvalue weighted by Crippen LogP contribution is 1.86. The lowest BCUT2D eigenvalue weighted by atomic mass is 10.3. The molecule has 1 N–H and O–H groups in total. The van der Waals surface area contributed by atoms with Gasteiger partial charge in [0.2, 0.25) is 0 Å². The molecule has 12 heavy (non-hydrogen) atoms. The van der Waals surface area contributed by atoms with Crippen LogP contribution in [0.25, 0.3) is 0 Å². The third-order valence-corrected chi connectivity index (χ3v) is 1.62. The van der Waals surface area contributed by atoms with Crippen LogP contribution in [0.2, 0.25) is 0 Å². The number of hydrogen-bond donors (Lipinski definition) is 1. The zero-order valence-corrected chi connectivity index (χ0v) is 7.04. The summed E-state index contributed by atoms with van der Waals surface area (Å²) in [7, 11) is 0. The second kappa shape index (κ2) is 3.90. The van der Waals surface area contributed by atoms with Crippen LogP contribution in [0.3, 0.4) is 0 Å². The van der Waals surface area contributed by atoms with E-state index in [1.807, 2.05) is 6.92 Å². The number of aromatic nitrogens is 2. The van der Waals surface area contributed by atoms with Crippen molar-refractivity contribution in [1.82, 2.24) is 9.78 Å². The molecule has 0 amide bonds.